The molecule has 1 aromatic heterocycles. The number of fused-ring (bicyclic) bond motifs is 1. The highest BCUT2D eigenvalue weighted by molar-refractivity contribution is 5.80. The number of benzene rings is 2. The predicted molar refractivity (Wildman–Crippen MR) is 88.4 cm³/mol. The second-order valence-electron chi connectivity index (χ2n) is 4.70. The van der Waals surface area contributed by atoms with Crippen LogP contribution in [0.4, 0.5) is 11.6 Å². The van der Waals surface area contributed by atoms with Gasteiger partial charge in [0.1, 0.15) is 5.75 Å². The first-order valence-corrected chi connectivity index (χ1v) is 6.89. The zero-order chi connectivity index (χ0) is 15.4. The SMILES string of the molecule is CC#Cc1ccc2nc(Nc3ccc(OC)cc3)ncc2c1. The maximum absolute atomic E-state index is 5.14. The molecule has 0 fully saturated rings. The van der Waals surface area contributed by atoms with Gasteiger partial charge in [0.25, 0.3) is 0 Å². The summed E-state index contributed by atoms with van der Waals surface area (Å²) in [4.78, 5) is 8.86. The summed E-state index contributed by atoms with van der Waals surface area (Å²) >= 11 is 0. The molecular weight excluding hydrogens is 274 g/mol. The number of nitrogens with one attached hydrogen (secondary N) is 1. The Morgan fingerprint density at radius 2 is 1.91 bits per heavy atom. The smallest absolute Gasteiger partial charge is 0.227 e. The molecule has 3 rings (SSSR count). The van der Waals surface area contributed by atoms with Crippen molar-refractivity contribution in [1.29, 1.82) is 0 Å². The molecule has 0 radical (unpaired) electrons. The van der Waals surface area contributed by atoms with Crippen molar-refractivity contribution in [2.75, 3.05) is 12.4 Å². The molecule has 0 aliphatic carbocycles. The van der Waals surface area contributed by atoms with Gasteiger partial charge in [-0.25, -0.2) is 9.97 Å². The van der Waals surface area contributed by atoms with Crippen LogP contribution < -0.4 is 10.1 Å². The summed E-state index contributed by atoms with van der Waals surface area (Å²) in [5.74, 6) is 7.30. The van der Waals surface area contributed by atoms with Gasteiger partial charge >= 0.3 is 0 Å². The van der Waals surface area contributed by atoms with E-state index in [1.807, 2.05) is 49.4 Å². The number of hydrogen-bond donors (Lipinski definition) is 1. The summed E-state index contributed by atoms with van der Waals surface area (Å²) in [5, 5.41) is 4.15. The number of aromatic nitrogens is 2. The number of nitrogens with zero attached hydrogens (tertiary/aromatic N) is 2. The van der Waals surface area contributed by atoms with Crippen LogP contribution in [0.15, 0.2) is 48.7 Å². The second-order valence-corrected chi connectivity index (χ2v) is 4.70. The molecule has 0 bridgehead atoms. The minimum Gasteiger partial charge on any atom is -0.497 e. The average molecular weight is 289 g/mol. The first-order chi connectivity index (χ1) is 10.8. The molecule has 1 N–H and O–H groups in total. The van der Waals surface area contributed by atoms with Crippen LogP contribution in [0.25, 0.3) is 10.9 Å². The van der Waals surface area contributed by atoms with Gasteiger partial charge in [-0.05, 0) is 49.4 Å². The lowest BCUT2D eigenvalue weighted by Gasteiger charge is -2.07. The van der Waals surface area contributed by atoms with Crippen LogP contribution in [0, 0.1) is 11.8 Å². The van der Waals surface area contributed by atoms with Crippen LogP contribution >= 0.6 is 0 Å². The molecule has 1 heterocycles. The lowest BCUT2D eigenvalue weighted by Crippen LogP contribution is -1.97. The van der Waals surface area contributed by atoms with Crippen LogP contribution in [0.3, 0.4) is 0 Å². The number of anilines is 2. The summed E-state index contributed by atoms with van der Waals surface area (Å²) in [5.41, 5.74) is 2.76. The van der Waals surface area contributed by atoms with Crippen LogP contribution in [0.2, 0.25) is 0 Å². The van der Waals surface area contributed by atoms with Crippen molar-refractivity contribution in [3.8, 4) is 17.6 Å². The third-order valence-electron chi connectivity index (χ3n) is 3.20. The van der Waals surface area contributed by atoms with Crippen molar-refractivity contribution in [3.63, 3.8) is 0 Å². The third kappa shape index (κ3) is 2.99. The Morgan fingerprint density at radius 3 is 2.64 bits per heavy atom. The van der Waals surface area contributed by atoms with Crippen molar-refractivity contribution in [2.24, 2.45) is 0 Å². The normalized spacial score (nSPS) is 9.91. The molecule has 0 saturated heterocycles. The van der Waals surface area contributed by atoms with Gasteiger partial charge in [-0.15, -0.1) is 5.92 Å². The fraction of sp³-hybridized carbons (Fsp3) is 0.111. The van der Waals surface area contributed by atoms with Gasteiger partial charge in [0, 0.05) is 22.8 Å². The first kappa shape index (κ1) is 13.9. The van der Waals surface area contributed by atoms with E-state index in [-0.39, 0.29) is 0 Å². The van der Waals surface area contributed by atoms with Crippen molar-refractivity contribution in [2.45, 2.75) is 6.92 Å². The Labute approximate surface area is 129 Å². The fourth-order valence-electron chi connectivity index (χ4n) is 2.12. The standard InChI is InChI=1S/C18H15N3O/c1-3-4-13-5-10-17-14(11-13)12-19-18(21-17)20-15-6-8-16(22-2)9-7-15/h5-12H,1-2H3,(H,19,20,21). The maximum Gasteiger partial charge on any atom is 0.227 e. The Kier molecular flexibility index (Phi) is 3.88. The van der Waals surface area contributed by atoms with Crippen LogP contribution in [-0.4, -0.2) is 17.1 Å². The number of hydrogen-bond acceptors (Lipinski definition) is 4. The van der Waals surface area contributed by atoms with E-state index in [0.717, 1.165) is 27.9 Å². The zero-order valence-electron chi connectivity index (χ0n) is 12.4. The minimum absolute atomic E-state index is 0.562. The summed E-state index contributed by atoms with van der Waals surface area (Å²) < 4.78 is 5.14. The third-order valence-corrected chi connectivity index (χ3v) is 3.20. The van der Waals surface area contributed by atoms with Gasteiger partial charge < -0.3 is 10.1 Å². The van der Waals surface area contributed by atoms with Crippen LogP contribution in [0.5, 0.6) is 5.75 Å². The molecular formula is C18H15N3O. The van der Waals surface area contributed by atoms with Gasteiger partial charge in [-0.3, -0.25) is 0 Å². The van der Waals surface area contributed by atoms with Gasteiger partial charge in [0.2, 0.25) is 5.95 Å². The molecule has 0 saturated carbocycles. The Balaban J connectivity index is 1.87. The Morgan fingerprint density at radius 1 is 1.09 bits per heavy atom. The molecule has 0 aliphatic heterocycles. The van der Waals surface area contributed by atoms with Gasteiger partial charge in [-0.1, -0.05) is 5.92 Å². The summed E-state index contributed by atoms with van der Waals surface area (Å²) in [6.45, 7) is 1.82. The molecule has 2 aromatic carbocycles. The second kappa shape index (κ2) is 6.15. The molecule has 4 nitrogen and oxygen atoms in total. The summed E-state index contributed by atoms with van der Waals surface area (Å²) in [7, 11) is 1.64. The van der Waals surface area contributed by atoms with Gasteiger partial charge in [0.15, 0.2) is 0 Å². The lowest BCUT2D eigenvalue weighted by molar-refractivity contribution is 0.415. The average Bonchev–Trinajstić information content (AvgIpc) is 2.56. The van der Waals surface area contributed by atoms with E-state index < -0.39 is 0 Å². The topological polar surface area (TPSA) is 47.0 Å². The summed E-state index contributed by atoms with van der Waals surface area (Å²) in [6.07, 6.45) is 1.80. The fourth-order valence-corrected chi connectivity index (χ4v) is 2.12. The molecule has 0 aliphatic rings. The Hall–Kier alpha value is -3.06. The molecule has 0 atom stereocenters. The molecule has 0 amide bonds. The first-order valence-electron chi connectivity index (χ1n) is 6.89. The molecule has 0 unspecified atom stereocenters. The van der Waals surface area contributed by atoms with Gasteiger partial charge in [-0.2, -0.15) is 0 Å². The number of methoxy groups -OCH3 is 1. The van der Waals surface area contributed by atoms with E-state index in [1.165, 1.54) is 0 Å². The quantitative estimate of drug-likeness (QED) is 0.746. The van der Waals surface area contributed by atoms with E-state index in [2.05, 4.69) is 27.1 Å². The van der Waals surface area contributed by atoms with Gasteiger partial charge in [0.05, 0.1) is 12.6 Å². The minimum atomic E-state index is 0.562. The molecule has 3 aromatic rings. The van der Waals surface area contributed by atoms with E-state index in [1.54, 1.807) is 13.3 Å². The highest BCUT2D eigenvalue weighted by Crippen LogP contribution is 2.20. The molecule has 0 spiro atoms. The highest BCUT2D eigenvalue weighted by atomic mass is 16.5. The van der Waals surface area contributed by atoms with Crippen molar-refractivity contribution < 1.29 is 4.74 Å². The number of ether oxygens (including phenoxy) is 1. The molecule has 108 valence electrons. The zero-order valence-corrected chi connectivity index (χ0v) is 12.4. The van der Waals surface area contributed by atoms with Crippen molar-refractivity contribution >= 4 is 22.5 Å². The van der Waals surface area contributed by atoms with Crippen LogP contribution in [0.1, 0.15) is 12.5 Å². The number of rotatable bonds is 3. The molecule has 22 heavy (non-hydrogen) atoms. The maximum atomic E-state index is 5.14. The van der Waals surface area contributed by atoms with Crippen molar-refractivity contribution in [1.82, 2.24) is 9.97 Å². The Bertz CT molecular complexity index is 861. The van der Waals surface area contributed by atoms with E-state index in [0.29, 0.717) is 5.95 Å². The predicted octanol–water partition coefficient (Wildman–Crippen LogP) is 3.75. The lowest BCUT2D eigenvalue weighted by atomic mass is 10.1. The largest absolute Gasteiger partial charge is 0.497 e. The van der Waals surface area contributed by atoms with Crippen molar-refractivity contribution in [3.05, 3.63) is 54.2 Å². The summed E-state index contributed by atoms with van der Waals surface area (Å²) in [6, 6.07) is 13.5. The van der Waals surface area contributed by atoms with E-state index >= 15 is 0 Å². The van der Waals surface area contributed by atoms with Crippen LogP contribution in [-0.2, 0) is 0 Å². The molecule has 4 heteroatoms. The van der Waals surface area contributed by atoms with E-state index in [4.69, 9.17) is 4.74 Å². The van der Waals surface area contributed by atoms with E-state index in [9.17, 15) is 0 Å². The highest BCUT2D eigenvalue weighted by Gasteiger charge is 2.02. The monoisotopic (exact) mass is 289 g/mol.